The molecule has 0 atom stereocenters. The van der Waals surface area contributed by atoms with Crippen molar-refractivity contribution < 1.29 is 0 Å². The van der Waals surface area contributed by atoms with Crippen molar-refractivity contribution in [2.24, 2.45) is 4.99 Å². The molecule has 0 aliphatic heterocycles. The van der Waals surface area contributed by atoms with Crippen LogP contribution in [0.1, 0.15) is 18.9 Å². The molecule has 0 aliphatic rings. The molecule has 69 valence electrons. The summed E-state index contributed by atoms with van der Waals surface area (Å²) in [7, 11) is 0. The highest BCUT2D eigenvalue weighted by atomic mass is 32.2. The first-order valence-electron chi connectivity index (χ1n) is 4.43. The quantitative estimate of drug-likeness (QED) is 0.529. The van der Waals surface area contributed by atoms with Crippen molar-refractivity contribution in [1.82, 2.24) is 0 Å². The zero-order valence-corrected chi connectivity index (χ0v) is 8.90. The molecule has 13 heavy (non-hydrogen) atoms. The fraction of sp³-hybridized carbons (Fsp3) is 0.364. The molecule has 1 aromatic carbocycles. The van der Waals surface area contributed by atoms with Crippen molar-refractivity contribution in [2.75, 3.05) is 12.8 Å². The Bertz CT molecular complexity index is 267. The Morgan fingerprint density at radius 3 is 3.00 bits per heavy atom. The molecule has 1 nitrogen and oxygen atoms in total. The summed E-state index contributed by atoms with van der Waals surface area (Å²) in [6, 6.07) is 11.0. The molecular formula is C11H14NS. The number of benzene rings is 1. The summed E-state index contributed by atoms with van der Waals surface area (Å²) in [5.74, 6) is 0. The van der Waals surface area contributed by atoms with Crippen molar-refractivity contribution in [3.05, 3.63) is 35.9 Å². The summed E-state index contributed by atoms with van der Waals surface area (Å²) in [6.07, 6.45) is 3.15. The second-order valence-corrected chi connectivity index (χ2v) is 3.48. The number of hydrogen-bond acceptors (Lipinski definition) is 2. The monoisotopic (exact) mass is 192 g/mol. The van der Waals surface area contributed by atoms with Gasteiger partial charge in [0.25, 0.3) is 0 Å². The lowest BCUT2D eigenvalue weighted by Gasteiger charge is -2.01. The Hall–Kier alpha value is -0.760. The molecule has 0 saturated heterocycles. The van der Waals surface area contributed by atoms with Crippen LogP contribution in [0.2, 0.25) is 0 Å². The van der Waals surface area contributed by atoms with E-state index in [0.717, 1.165) is 18.0 Å². The Balaban J connectivity index is 2.78. The molecule has 1 radical (unpaired) electrons. The van der Waals surface area contributed by atoms with Crippen LogP contribution in [0.5, 0.6) is 0 Å². The van der Waals surface area contributed by atoms with E-state index in [0.29, 0.717) is 0 Å². The van der Waals surface area contributed by atoms with Gasteiger partial charge in [0.15, 0.2) is 0 Å². The van der Waals surface area contributed by atoms with Crippen LogP contribution >= 0.6 is 11.8 Å². The highest BCUT2D eigenvalue weighted by Gasteiger charge is 1.98. The first-order valence-corrected chi connectivity index (χ1v) is 5.66. The Morgan fingerprint density at radius 2 is 2.46 bits per heavy atom. The summed E-state index contributed by atoms with van der Waals surface area (Å²) in [4.78, 5) is 4.49. The minimum absolute atomic E-state index is 0.908. The summed E-state index contributed by atoms with van der Waals surface area (Å²) in [5.41, 5.74) is 1.17. The Kier molecular flexibility index (Phi) is 4.61. The molecule has 0 fully saturated rings. The molecule has 1 rings (SSSR count). The van der Waals surface area contributed by atoms with Crippen LogP contribution in [-0.2, 0) is 0 Å². The molecule has 0 saturated carbocycles. The van der Waals surface area contributed by atoms with Crippen LogP contribution in [0.15, 0.2) is 29.3 Å². The third kappa shape index (κ3) is 3.23. The average molecular weight is 192 g/mol. The van der Waals surface area contributed by atoms with Gasteiger partial charge in [-0.3, -0.25) is 4.99 Å². The lowest BCUT2D eigenvalue weighted by Crippen LogP contribution is -1.95. The van der Waals surface area contributed by atoms with Gasteiger partial charge in [-0.25, -0.2) is 0 Å². The average Bonchev–Trinajstić information content (AvgIpc) is 2.21. The maximum atomic E-state index is 4.49. The molecule has 0 amide bonds. The molecule has 0 N–H and O–H groups in total. The molecule has 0 bridgehead atoms. The summed E-state index contributed by atoms with van der Waals surface area (Å²) >= 11 is 1.69. The molecule has 0 heterocycles. The smallest absolute Gasteiger partial charge is 0.0974 e. The number of rotatable bonds is 3. The minimum Gasteiger partial charge on any atom is -0.278 e. The lowest BCUT2D eigenvalue weighted by molar-refractivity contribution is 0.936. The van der Waals surface area contributed by atoms with Crippen molar-refractivity contribution in [2.45, 2.75) is 13.3 Å². The van der Waals surface area contributed by atoms with Crippen molar-refractivity contribution in [3.63, 3.8) is 0 Å². The zero-order chi connectivity index (χ0) is 9.52. The van der Waals surface area contributed by atoms with Gasteiger partial charge in [-0.1, -0.05) is 25.1 Å². The first kappa shape index (κ1) is 10.3. The molecule has 0 aromatic heterocycles. The van der Waals surface area contributed by atoms with Crippen molar-refractivity contribution >= 4 is 16.8 Å². The van der Waals surface area contributed by atoms with Crippen molar-refractivity contribution in [1.29, 1.82) is 0 Å². The number of aliphatic imine (C=N–C) groups is 1. The van der Waals surface area contributed by atoms with E-state index in [1.807, 2.05) is 18.2 Å². The zero-order valence-electron chi connectivity index (χ0n) is 8.08. The molecule has 0 unspecified atom stereocenters. The topological polar surface area (TPSA) is 12.4 Å². The van der Waals surface area contributed by atoms with E-state index in [1.165, 1.54) is 5.56 Å². The molecule has 0 aliphatic carbocycles. The first-order chi connectivity index (χ1) is 6.38. The van der Waals surface area contributed by atoms with Crippen LogP contribution in [0.3, 0.4) is 0 Å². The number of thioether (sulfide) groups is 1. The van der Waals surface area contributed by atoms with Crippen LogP contribution in [0, 0.1) is 6.07 Å². The van der Waals surface area contributed by atoms with Gasteiger partial charge in [0.05, 0.1) is 5.04 Å². The predicted molar refractivity (Wildman–Crippen MR) is 60.5 cm³/mol. The number of hydrogen-bond donors (Lipinski definition) is 0. The van der Waals surface area contributed by atoms with E-state index in [-0.39, 0.29) is 0 Å². The lowest BCUT2D eigenvalue weighted by atomic mass is 10.2. The molecular weight excluding hydrogens is 178 g/mol. The van der Waals surface area contributed by atoms with Gasteiger partial charge in [-0.2, -0.15) is 0 Å². The van der Waals surface area contributed by atoms with Gasteiger partial charge in [0.2, 0.25) is 0 Å². The second-order valence-electron chi connectivity index (χ2n) is 2.68. The number of nitrogens with zero attached hydrogens (tertiary/aromatic N) is 1. The van der Waals surface area contributed by atoms with E-state index in [9.17, 15) is 0 Å². The van der Waals surface area contributed by atoms with E-state index < -0.39 is 0 Å². The highest BCUT2D eigenvalue weighted by Crippen LogP contribution is 2.10. The summed E-state index contributed by atoms with van der Waals surface area (Å²) < 4.78 is 0. The van der Waals surface area contributed by atoms with Gasteiger partial charge in [0.1, 0.15) is 0 Å². The third-order valence-electron chi connectivity index (χ3n) is 1.63. The van der Waals surface area contributed by atoms with E-state index >= 15 is 0 Å². The predicted octanol–water partition coefficient (Wildman–Crippen LogP) is 3.01. The summed E-state index contributed by atoms with van der Waals surface area (Å²) in [6.45, 7) is 3.05. The molecule has 2 heteroatoms. The van der Waals surface area contributed by atoms with Gasteiger partial charge >= 0.3 is 0 Å². The third-order valence-corrected chi connectivity index (χ3v) is 2.38. The molecule has 0 spiro atoms. The van der Waals surface area contributed by atoms with Gasteiger partial charge in [-0.15, -0.1) is 11.8 Å². The highest BCUT2D eigenvalue weighted by molar-refractivity contribution is 8.13. The van der Waals surface area contributed by atoms with Crippen LogP contribution in [0.4, 0.5) is 0 Å². The van der Waals surface area contributed by atoms with Gasteiger partial charge < -0.3 is 0 Å². The van der Waals surface area contributed by atoms with Gasteiger partial charge in [0, 0.05) is 12.1 Å². The molecule has 1 aromatic rings. The Morgan fingerprint density at radius 1 is 1.62 bits per heavy atom. The van der Waals surface area contributed by atoms with E-state index in [1.54, 1.807) is 11.8 Å². The second kappa shape index (κ2) is 5.81. The fourth-order valence-electron chi connectivity index (χ4n) is 1.01. The summed E-state index contributed by atoms with van der Waals surface area (Å²) in [5, 5.41) is 1.11. The van der Waals surface area contributed by atoms with Crippen LogP contribution in [0.25, 0.3) is 0 Å². The van der Waals surface area contributed by atoms with E-state index in [4.69, 9.17) is 0 Å². The fourth-order valence-corrected chi connectivity index (χ4v) is 1.60. The van der Waals surface area contributed by atoms with Crippen molar-refractivity contribution in [3.8, 4) is 0 Å². The normalized spacial score (nSPS) is 11.7. The SMILES string of the molecule is CCCN=C(SC)c1c[c]ccc1. The maximum absolute atomic E-state index is 4.49. The Labute approximate surface area is 84.3 Å². The maximum Gasteiger partial charge on any atom is 0.0974 e. The standard InChI is InChI=1S/C11H14NS/c1-3-9-12-11(13-2)10-7-5-4-6-8-10/h4-5,7-8H,3,9H2,1-2H3. The van der Waals surface area contributed by atoms with Gasteiger partial charge in [-0.05, 0) is 24.8 Å². The minimum atomic E-state index is 0.908. The van der Waals surface area contributed by atoms with Crippen LogP contribution < -0.4 is 0 Å². The largest absolute Gasteiger partial charge is 0.278 e. The van der Waals surface area contributed by atoms with E-state index in [2.05, 4.69) is 30.3 Å². The van der Waals surface area contributed by atoms with Crippen LogP contribution in [-0.4, -0.2) is 17.8 Å².